The van der Waals surface area contributed by atoms with Gasteiger partial charge in [0.2, 0.25) is 0 Å². The predicted octanol–water partition coefficient (Wildman–Crippen LogP) is 6.45. The lowest BCUT2D eigenvalue weighted by molar-refractivity contribution is 0.0140. The Morgan fingerprint density at radius 1 is 0.815 bits per heavy atom. The third-order valence-corrected chi connectivity index (χ3v) is 4.46. The first-order valence-corrected chi connectivity index (χ1v) is 9.81. The summed E-state index contributed by atoms with van der Waals surface area (Å²) in [5.74, 6) is -0.00196. The Bertz CT molecular complexity index is 612. The average Bonchev–Trinajstić information content (AvgIpc) is 2.52. The van der Waals surface area contributed by atoms with Gasteiger partial charge in [0.05, 0.1) is 11.2 Å². The molecule has 2 nitrogen and oxygen atoms in total. The van der Waals surface area contributed by atoms with E-state index in [2.05, 4.69) is 56.4 Å². The molecule has 0 amide bonds. The Morgan fingerprint density at radius 3 is 1.74 bits per heavy atom. The van der Waals surface area contributed by atoms with E-state index < -0.39 is 11.2 Å². The van der Waals surface area contributed by atoms with Crippen LogP contribution in [0, 0.1) is 5.92 Å². The molecule has 0 aromatic rings. The Kier molecular flexibility index (Phi) is 11.2. The van der Waals surface area contributed by atoms with Crippen molar-refractivity contribution in [2.45, 2.75) is 79.4 Å². The number of aliphatic hydroxyl groups is 2. The summed E-state index contributed by atoms with van der Waals surface area (Å²) in [4.78, 5) is 0. The topological polar surface area (TPSA) is 40.5 Å². The summed E-state index contributed by atoms with van der Waals surface area (Å²) in [7, 11) is 0. The molecule has 152 valence electrons. The van der Waals surface area contributed by atoms with Crippen LogP contribution >= 0.6 is 0 Å². The fourth-order valence-corrected chi connectivity index (χ4v) is 2.37. The van der Waals surface area contributed by atoms with E-state index in [0.717, 1.165) is 12.0 Å². The second-order valence-electron chi connectivity index (χ2n) is 8.54. The highest BCUT2D eigenvalue weighted by atomic mass is 16.3. The first kappa shape index (κ1) is 25.4. The molecule has 27 heavy (non-hydrogen) atoms. The average molecular weight is 373 g/mol. The van der Waals surface area contributed by atoms with Gasteiger partial charge in [-0.1, -0.05) is 71.4 Å². The van der Waals surface area contributed by atoms with Crippen molar-refractivity contribution in [3.05, 3.63) is 71.4 Å². The molecule has 0 aliphatic carbocycles. The summed E-state index contributed by atoms with van der Waals surface area (Å²) in [6, 6.07) is 0. The van der Waals surface area contributed by atoms with E-state index in [1.165, 1.54) is 11.1 Å². The largest absolute Gasteiger partial charge is 0.390 e. The van der Waals surface area contributed by atoms with Crippen LogP contribution in [0.15, 0.2) is 71.4 Å². The zero-order valence-electron chi connectivity index (χ0n) is 18.6. The van der Waals surface area contributed by atoms with Gasteiger partial charge in [0.25, 0.3) is 0 Å². The zero-order valence-corrected chi connectivity index (χ0v) is 18.6. The first-order chi connectivity index (χ1) is 12.3. The lowest BCUT2D eigenvalue weighted by atomic mass is 9.84. The van der Waals surface area contributed by atoms with Crippen LogP contribution in [0.25, 0.3) is 0 Å². The van der Waals surface area contributed by atoms with Crippen LogP contribution in [0.3, 0.4) is 0 Å². The molecular formula is C25H40O2. The highest BCUT2D eigenvalue weighted by Crippen LogP contribution is 2.26. The van der Waals surface area contributed by atoms with E-state index in [1.807, 2.05) is 39.8 Å². The molecule has 0 radical (unpaired) electrons. The van der Waals surface area contributed by atoms with Crippen LogP contribution in [0.4, 0.5) is 0 Å². The summed E-state index contributed by atoms with van der Waals surface area (Å²) < 4.78 is 0. The fourth-order valence-electron chi connectivity index (χ4n) is 2.37. The number of hydrogen-bond acceptors (Lipinski definition) is 2. The van der Waals surface area contributed by atoms with Crippen LogP contribution in [-0.4, -0.2) is 21.4 Å². The molecule has 0 aliphatic rings. The van der Waals surface area contributed by atoms with Gasteiger partial charge in [0.15, 0.2) is 0 Å². The van der Waals surface area contributed by atoms with E-state index in [1.54, 1.807) is 13.8 Å². The van der Waals surface area contributed by atoms with Crippen molar-refractivity contribution in [3.8, 4) is 0 Å². The summed E-state index contributed by atoms with van der Waals surface area (Å²) in [5, 5.41) is 20.3. The van der Waals surface area contributed by atoms with E-state index in [-0.39, 0.29) is 5.92 Å². The summed E-state index contributed by atoms with van der Waals surface area (Å²) in [6.45, 7) is 15.5. The van der Waals surface area contributed by atoms with Crippen LogP contribution < -0.4 is 0 Å². The van der Waals surface area contributed by atoms with Crippen molar-refractivity contribution < 1.29 is 10.2 Å². The van der Waals surface area contributed by atoms with Crippen molar-refractivity contribution in [1.29, 1.82) is 0 Å². The quantitative estimate of drug-likeness (QED) is 0.432. The Balaban J connectivity index is 4.92. The molecule has 0 saturated carbocycles. The summed E-state index contributed by atoms with van der Waals surface area (Å²) >= 11 is 0. The monoisotopic (exact) mass is 372 g/mol. The second-order valence-corrected chi connectivity index (χ2v) is 8.54. The first-order valence-electron chi connectivity index (χ1n) is 9.81. The lowest BCUT2D eigenvalue weighted by Gasteiger charge is -2.29. The van der Waals surface area contributed by atoms with Crippen LogP contribution in [-0.2, 0) is 0 Å². The molecular weight excluding hydrogens is 332 g/mol. The second kappa shape index (κ2) is 11.9. The normalized spacial score (nSPS) is 16.9. The number of hydrogen-bond donors (Lipinski definition) is 2. The Labute approximate surface area is 167 Å². The van der Waals surface area contributed by atoms with E-state index in [9.17, 15) is 10.2 Å². The maximum absolute atomic E-state index is 10.4. The van der Waals surface area contributed by atoms with Gasteiger partial charge < -0.3 is 10.2 Å². The van der Waals surface area contributed by atoms with Gasteiger partial charge in [0, 0.05) is 5.92 Å². The van der Waals surface area contributed by atoms with Crippen LogP contribution in [0.1, 0.15) is 68.2 Å². The van der Waals surface area contributed by atoms with Crippen molar-refractivity contribution >= 4 is 0 Å². The van der Waals surface area contributed by atoms with E-state index in [4.69, 9.17) is 0 Å². The van der Waals surface area contributed by atoms with Gasteiger partial charge in [-0.05, 0) is 68.2 Å². The summed E-state index contributed by atoms with van der Waals surface area (Å²) in [5.41, 5.74) is 2.03. The van der Waals surface area contributed by atoms with E-state index in [0.29, 0.717) is 6.42 Å². The molecule has 2 heteroatoms. The molecule has 0 saturated heterocycles. The van der Waals surface area contributed by atoms with E-state index >= 15 is 0 Å². The Hall–Kier alpha value is -1.64. The predicted molar refractivity (Wildman–Crippen MR) is 120 cm³/mol. The molecule has 0 fully saturated rings. The SMILES string of the molecule is C/C=C(C)/C=C/C=C(C)/C=C/C=C(C)\C=C\[C@H](CCC(C)(C)O)C(C)(C)O. The molecule has 0 aromatic heterocycles. The van der Waals surface area contributed by atoms with Gasteiger partial charge >= 0.3 is 0 Å². The fraction of sp³-hybridized carbons (Fsp3) is 0.520. The molecule has 0 heterocycles. The van der Waals surface area contributed by atoms with Crippen LogP contribution in [0.2, 0.25) is 0 Å². The van der Waals surface area contributed by atoms with Gasteiger partial charge in [-0.2, -0.15) is 0 Å². The number of allylic oxidation sites excluding steroid dienone is 11. The summed E-state index contributed by atoms with van der Waals surface area (Å²) in [6.07, 6.45) is 20.0. The van der Waals surface area contributed by atoms with Crippen LogP contribution in [0.5, 0.6) is 0 Å². The van der Waals surface area contributed by atoms with Crippen molar-refractivity contribution in [3.63, 3.8) is 0 Å². The third-order valence-electron chi connectivity index (χ3n) is 4.46. The highest BCUT2D eigenvalue weighted by Gasteiger charge is 2.26. The van der Waals surface area contributed by atoms with Gasteiger partial charge in [0.1, 0.15) is 0 Å². The molecule has 1 atom stereocenters. The standard InChI is InChI=1S/C25H40O2/c1-9-20(2)12-10-13-21(3)14-11-15-22(4)16-17-23(25(7,8)27)18-19-24(5,6)26/h9-17,23,26-27H,18-19H2,1-8H3/b12-10+,14-11+,17-16+,20-9+,21-13+,22-15-/t23-/m1/s1. The molecule has 0 aromatic carbocycles. The maximum atomic E-state index is 10.4. The molecule has 0 aliphatic heterocycles. The molecule has 0 rings (SSSR count). The van der Waals surface area contributed by atoms with Crippen molar-refractivity contribution in [2.75, 3.05) is 0 Å². The maximum Gasteiger partial charge on any atom is 0.0654 e. The highest BCUT2D eigenvalue weighted by molar-refractivity contribution is 5.30. The van der Waals surface area contributed by atoms with Crippen molar-refractivity contribution in [1.82, 2.24) is 0 Å². The minimum atomic E-state index is -0.811. The number of rotatable bonds is 10. The van der Waals surface area contributed by atoms with Gasteiger partial charge in [-0.15, -0.1) is 0 Å². The third kappa shape index (κ3) is 14.1. The molecule has 0 unspecified atom stereocenters. The lowest BCUT2D eigenvalue weighted by Crippen LogP contribution is -2.31. The zero-order chi connectivity index (χ0) is 21.1. The minimum absolute atomic E-state index is 0.00196. The molecule has 2 N–H and O–H groups in total. The minimum Gasteiger partial charge on any atom is -0.390 e. The van der Waals surface area contributed by atoms with Crippen molar-refractivity contribution in [2.24, 2.45) is 5.92 Å². The Morgan fingerprint density at radius 2 is 1.30 bits per heavy atom. The van der Waals surface area contributed by atoms with Gasteiger partial charge in [-0.3, -0.25) is 0 Å². The molecule has 0 spiro atoms. The molecule has 0 bridgehead atoms. The van der Waals surface area contributed by atoms with Gasteiger partial charge in [-0.25, -0.2) is 0 Å². The smallest absolute Gasteiger partial charge is 0.0654 e.